The van der Waals surface area contributed by atoms with Gasteiger partial charge in [0.15, 0.2) is 6.61 Å². The van der Waals surface area contributed by atoms with Crippen LogP contribution in [0.1, 0.15) is 44.2 Å². The smallest absolute Gasteiger partial charge is 0.261 e. The van der Waals surface area contributed by atoms with Crippen molar-refractivity contribution in [3.8, 4) is 5.75 Å². The number of hydrogen-bond donors (Lipinski definition) is 1. The summed E-state index contributed by atoms with van der Waals surface area (Å²) in [4.78, 5) is 27.4. The van der Waals surface area contributed by atoms with Crippen LogP contribution in [0.25, 0.3) is 0 Å². The van der Waals surface area contributed by atoms with Crippen LogP contribution < -0.4 is 10.1 Å². The predicted molar refractivity (Wildman–Crippen MR) is 121 cm³/mol. The predicted octanol–water partition coefficient (Wildman–Crippen LogP) is 4.89. The van der Waals surface area contributed by atoms with Crippen molar-refractivity contribution in [2.45, 2.75) is 52.6 Å². The van der Waals surface area contributed by atoms with Crippen molar-refractivity contribution in [2.24, 2.45) is 0 Å². The van der Waals surface area contributed by atoms with E-state index in [0.717, 1.165) is 24.0 Å². The molecule has 2 rings (SSSR count). The zero-order chi connectivity index (χ0) is 22.8. The van der Waals surface area contributed by atoms with Gasteiger partial charge in [-0.2, -0.15) is 0 Å². The molecule has 0 radical (unpaired) electrons. The highest BCUT2D eigenvalue weighted by molar-refractivity contribution is 6.31. The van der Waals surface area contributed by atoms with Crippen LogP contribution in [0, 0.1) is 12.7 Å². The third-order valence-corrected chi connectivity index (χ3v) is 5.40. The number of carbonyl (C=O) groups is 2. The third-order valence-electron chi connectivity index (χ3n) is 4.97. The van der Waals surface area contributed by atoms with Gasteiger partial charge < -0.3 is 15.0 Å². The summed E-state index contributed by atoms with van der Waals surface area (Å²) in [6, 6.07) is 10.4. The second-order valence-corrected chi connectivity index (χ2v) is 7.82. The Morgan fingerprint density at radius 1 is 1.16 bits per heavy atom. The lowest BCUT2D eigenvalue weighted by atomic mass is 10.1. The number of carbonyl (C=O) groups excluding carboxylic acids is 2. The summed E-state index contributed by atoms with van der Waals surface area (Å²) < 4.78 is 19.0. The first-order chi connectivity index (χ1) is 14.8. The van der Waals surface area contributed by atoms with E-state index in [0.29, 0.717) is 23.7 Å². The summed E-state index contributed by atoms with van der Waals surface area (Å²) in [5.74, 6) is -0.354. The fourth-order valence-electron chi connectivity index (χ4n) is 3.15. The molecule has 1 N–H and O–H groups in total. The summed E-state index contributed by atoms with van der Waals surface area (Å²) >= 11 is 6.04. The quantitative estimate of drug-likeness (QED) is 0.498. The summed E-state index contributed by atoms with van der Waals surface area (Å²) in [6.07, 6.45) is 2.28. The number of ether oxygens (including phenoxy) is 1. The molecule has 1 atom stereocenters. The maximum absolute atomic E-state index is 13.3. The van der Waals surface area contributed by atoms with E-state index in [2.05, 4.69) is 5.32 Å². The molecule has 2 aromatic carbocycles. The largest absolute Gasteiger partial charge is 0.484 e. The molecule has 0 bridgehead atoms. The SMILES string of the molecule is CCCCNC(=O)[C@@H](CC)N(Cc1ccc(F)cc1)C(=O)COc1ccc(Cl)c(C)c1. The summed E-state index contributed by atoms with van der Waals surface area (Å²) in [6.45, 7) is 6.28. The number of unbranched alkanes of at least 4 members (excludes halogenated alkanes) is 1. The molecule has 0 heterocycles. The van der Waals surface area contributed by atoms with Crippen LogP contribution in [0.3, 0.4) is 0 Å². The maximum atomic E-state index is 13.3. The highest BCUT2D eigenvalue weighted by Crippen LogP contribution is 2.21. The molecule has 0 saturated heterocycles. The second kappa shape index (κ2) is 12.3. The molecule has 0 unspecified atom stereocenters. The maximum Gasteiger partial charge on any atom is 0.261 e. The Kier molecular flexibility index (Phi) is 9.79. The van der Waals surface area contributed by atoms with Gasteiger partial charge >= 0.3 is 0 Å². The lowest BCUT2D eigenvalue weighted by Gasteiger charge is -2.30. The minimum absolute atomic E-state index is 0.182. The van der Waals surface area contributed by atoms with Crippen molar-refractivity contribution < 1.29 is 18.7 Å². The number of nitrogens with zero attached hydrogens (tertiary/aromatic N) is 1. The molecule has 31 heavy (non-hydrogen) atoms. The number of hydrogen-bond acceptors (Lipinski definition) is 3. The van der Waals surface area contributed by atoms with E-state index in [1.165, 1.54) is 17.0 Å². The molecule has 2 amide bonds. The first-order valence-corrected chi connectivity index (χ1v) is 10.9. The number of rotatable bonds is 11. The minimum Gasteiger partial charge on any atom is -0.484 e. The fraction of sp³-hybridized carbons (Fsp3) is 0.417. The van der Waals surface area contributed by atoms with Crippen LogP contribution in [0.4, 0.5) is 4.39 Å². The highest BCUT2D eigenvalue weighted by Gasteiger charge is 2.28. The molecule has 0 aromatic heterocycles. The van der Waals surface area contributed by atoms with Crippen LogP contribution in [0.2, 0.25) is 5.02 Å². The van der Waals surface area contributed by atoms with Crippen molar-refractivity contribution >= 4 is 23.4 Å². The van der Waals surface area contributed by atoms with Crippen molar-refractivity contribution in [2.75, 3.05) is 13.2 Å². The molecule has 0 fully saturated rings. The first-order valence-electron chi connectivity index (χ1n) is 10.6. The number of aryl methyl sites for hydroxylation is 1. The normalized spacial score (nSPS) is 11.6. The molecule has 0 aliphatic heterocycles. The third kappa shape index (κ3) is 7.55. The number of benzene rings is 2. The molecule has 0 aliphatic rings. The molecule has 0 spiro atoms. The van der Waals surface area contributed by atoms with E-state index in [1.54, 1.807) is 30.3 Å². The average Bonchev–Trinajstić information content (AvgIpc) is 2.75. The van der Waals surface area contributed by atoms with Crippen LogP contribution in [0.5, 0.6) is 5.75 Å². The van der Waals surface area contributed by atoms with Gasteiger partial charge in [-0.3, -0.25) is 9.59 Å². The van der Waals surface area contributed by atoms with Crippen LogP contribution >= 0.6 is 11.6 Å². The van der Waals surface area contributed by atoms with E-state index < -0.39 is 6.04 Å². The van der Waals surface area contributed by atoms with Gasteiger partial charge in [0.05, 0.1) is 0 Å². The van der Waals surface area contributed by atoms with Gasteiger partial charge in [0.1, 0.15) is 17.6 Å². The molecular weight excluding hydrogens is 419 g/mol. The standard InChI is InChI=1S/C24H30ClFN2O3/c1-4-6-13-27-24(30)22(5-2)28(15-18-7-9-19(26)10-8-18)23(29)16-31-20-11-12-21(25)17(3)14-20/h7-12,14,22H,4-6,13,15-16H2,1-3H3,(H,27,30)/t22-/m1/s1. The highest BCUT2D eigenvalue weighted by atomic mass is 35.5. The summed E-state index contributed by atoms with van der Waals surface area (Å²) in [5.41, 5.74) is 1.58. The lowest BCUT2D eigenvalue weighted by molar-refractivity contribution is -0.143. The lowest BCUT2D eigenvalue weighted by Crippen LogP contribution is -2.50. The van der Waals surface area contributed by atoms with Gasteiger partial charge in [-0.05, 0) is 61.2 Å². The Bertz CT molecular complexity index is 874. The van der Waals surface area contributed by atoms with E-state index in [-0.39, 0.29) is 30.8 Å². The Morgan fingerprint density at radius 2 is 1.87 bits per heavy atom. The zero-order valence-electron chi connectivity index (χ0n) is 18.3. The minimum atomic E-state index is -0.648. The summed E-state index contributed by atoms with van der Waals surface area (Å²) in [7, 11) is 0. The van der Waals surface area contributed by atoms with Crippen LogP contribution in [0.15, 0.2) is 42.5 Å². The molecule has 168 valence electrons. The van der Waals surface area contributed by atoms with Crippen molar-refractivity contribution in [1.82, 2.24) is 10.2 Å². The Labute approximate surface area is 188 Å². The van der Waals surface area contributed by atoms with Gasteiger partial charge in [0, 0.05) is 18.1 Å². The van der Waals surface area contributed by atoms with E-state index >= 15 is 0 Å². The van der Waals surface area contributed by atoms with Gasteiger partial charge in [-0.15, -0.1) is 0 Å². The van der Waals surface area contributed by atoms with Gasteiger partial charge in [-0.1, -0.05) is 44.0 Å². The molecular formula is C24H30ClFN2O3. The van der Waals surface area contributed by atoms with Gasteiger partial charge in [0.25, 0.3) is 5.91 Å². The van der Waals surface area contributed by atoms with E-state index in [9.17, 15) is 14.0 Å². The summed E-state index contributed by atoms with van der Waals surface area (Å²) in [5, 5.41) is 3.52. The molecule has 5 nitrogen and oxygen atoms in total. The Balaban J connectivity index is 2.17. The number of amides is 2. The second-order valence-electron chi connectivity index (χ2n) is 7.42. The molecule has 2 aromatic rings. The topological polar surface area (TPSA) is 58.6 Å². The van der Waals surface area contributed by atoms with Crippen molar-refractivity contribution in [3.05, 3.63) is 64.4 Å². The van der Waals surface area contributed by atoms with Crippen molar-refractivity contribution in [3.63, 3.8) is 0 Å². The first kappa shape index (κ1) is 24.7. The van der Waals surface area contributed by atoms with E-state index in [1.807, 2.05) is 20.8 Å². The van der Waals surface area contributed by atoms with Gasteiger partial charge in [0.2, 0.25) is 5.91 Å². The van der Waals surface area contributed by atoms with Crippen molar-refractivity contribution in [1.29, 1.82) is 0 Å². The monoisotopic (exact) mass is 448 g/mol. The average molecular weight is 449 g/mol. The fourth-order valence-corrected chi connectivity index (χ4v) is 3.26. The molecule has 7 heteroatoms. The molecule has 0 aliphatic carbocycles. The van der Waals surface area contributed by atoms with E-state index in [4.69, 9.17) is 16.3 Å². The number of nitrogens with one attached hydrogen (secondary N) is 1. The van der Waals surface area contributed by atoms with Gasteiger partial charge in [-0.25, -0.2) is 4.39 Å². The Hall–Kier alpha value is -2.60. The number of halogens is 2. The Morgan fingerprint density at radius 3 is 2.48 bits per heavy atom. The zero-order valence-corrected chi connectivity index (χ0v) is 19.0. The van der Waals surface area contributed by atoms with Crippen LogP contribution in [-0.2, 0) is 16.1 Å². The molecule has 0 saturated carbocycles. The van der Waals surface area contributed by atoms with Crippen LogP contribution in [-0.4, -0.2) is 35.9 Å².